The Morgan fingerprint density at radius 3 is 2.14 bits per heavy atom. The topological polar surface area (TPSA) is 38.7 Å². The van der Waals surface area contributed by atoms with E-state index in [1.807, 2.05) is 13.8 Å². The first-order valence-corrected chi connectivity index (χ1v) is 7.50. The number of aliphatic imine (C=N–C) groups is 1. The lowest BCUT2D eigenvalue weighted by atomic mass is 9.98. The zero-order valence-corrected chi connectivity index (χ0v) is 14.2. The Labute approximate surface area is 130 Å². The van der Waals surface area contributed by atoms with Crippen molar-refractivity contribution in [2.75, 3.05) is 13.7 Å². The van der Waals surface area contributed by atoms with Crippen molar-refractivity contribution in [2.45, 2.75) is 53.6 Å². The molecule has 0 bridgehead atoms. The second-order valence-electron chi connectivity index (χ2n) is 5.34. The summed E-state index contributed by atoms with van der Waals surface area (Å²) < 4.78 is 42.3. The summed E-state index contributed by atoms with van der Waals surface area (Å²) in [5.41, 5.74) is 0.537. The van der Waals surface area contributed by atoms with Crippen LogP contribution in [0.15, 0.2) is 16.1 Å². The zero-order chi connectivity index (χ0) is 17.5. The van der Waals surface area contributed by atoms with Crippen molar-refractivity contribution < 1.29 is 22.7 Å². The van der Waals surface area contributed by atoms with Crippen molar-refractivity contribution in [1.82, 2.24) is 0 Å². The summed E-state index contributed by atoms with van der Waals surface area (Å²) >= 11 is 0. The van der Waals surface area contributed by atoms with Crippen LogP contribution in [0.2, 0.25) is 0 Å². The van der Waals surface area contributed by atoms with Gasteiger partial charge in [0, 0.05) is 24.8 Å². The summed E-state index contributed by atoms with van der Waals surface area (Å²) in [4.78, 5) is 14.2. The average Bonchev–Trinajstić information content (AvgIpc) is 2.71. The molecule has 1 saturated carbocycles. The maximum Gasteiger partial charge on any atom is 0.412 e. The Balaban J connectivity index is 0.000000534. The predicted molar refractivity (Wildman–Crippen MR) is 82.0 cm³/mol. The summed E-state index contributed by atoms with van der Waals surface area (Å²) in [6.07, 6.45) is -2.99. The number of hydrogen-bond acceptors (Lipinski definition) is 3. The highest BCUT2D eigenvalue weighted by atomic mass is 19.4. The van der Waals surface area contributed by atoms with Crippen LogP contribution in [0.5, 0.6) is 0 Å². The number of esters is 1. The Hall–Kier alpha value is -1.33. The van der Waals surface area contributed by atoms with Crippen LogP contribution in [-0.4, -0.2) is 31.5 Å². The molecule has 1 fully saturated rings. The predicted octanol–water partition coefficient (Wildman–Crippen LogP) is 4.57. The third kappa shape index (κ3) is 5.81. The van der Waals surface area contributed by atoms with E-state index in [1.54, 1.807) is 20.9 Å². The fourth-order valence-corrected chi connectivity index (χ4v) is 2.60. The number of ether oxygens (including phenoxy) is 1. The zero-order valence-electron chi connectivity index (χ0n) is 14.2. The van der Waals surface area contributed by atoms with Crippen molar-refractivity contribution in [2.24, 2.45) is 16.8 Å². The largest absolute Gasteiger partial charge is 0.466 e. The summed E-state index contributed by atoms with van der Waals surface area (Å²) in [6, 6.07) is 0. The number of hydrogen-bond donors (Lipinski definition) is 0. The van der Waals surface area contributed by atoms with Gasteiger partial charge in [0.05, 0.1) is 6.61 Å². The second kappa shape index (κ2) is 8.96. The van der Waals surface area contributed by atoms with Crippen LogP contribution in [0.4, 0.5) is 13.2 Å². The lowest BCUT2D eigenvalue weighted by Gasteiger charge is -2.14. The quantitative estimate of drug-likeness (QED) is 0.699. The van der Waals surface area contributed by atoms with Crippen LogP contribution in [0.1, 0.15) is 47.5 Å². The van der Waals surface area contributed by atoms with E-state index >= 15 is 0 Å². The van der Waals surface area contributed by atoms with Crippen LogP contribution in [0.3, 0.4) is 0 Å². The molecule has 0 radical (unpaired) electrons. The fourth-order valence-electron chi connectivity index (χ4n) is 2.60. The van der Waals surface area contributed by atoms with Gasteiger partial charge in [0.25, 0.3) is 0 Å². The van der Waals surface area contributed by atoms with Crippen LogP contribution in [-0.2, 0) is 9.53 Å². The Bertz CT molecular complexity index is 439. The third-order valence-corrected chi connectivity index (χ3v) is 3.61. The van der Waals surface area contributed by atoms with Gasteiger partial charge >= 0.3 is 12.1 Å². The molecule has 2 atom stereocenters. The Morgan fingerprint density at radius 2 is 1.82 bits per heavy atom. The highest BCUT2D eigenvalue weighted by Crippen LogP contribution is 2.39. The first-order valence-electron chi connectivity index (χ1n) is 7.50. The van der Waals surface area contributed by atoms with E-state index in [4.69, 9.17) is 0 Å². The molecule has 0 heterocycles. The molecule has 0 spiro atoms. The second-order valence-corrected chi connectivity index (χ2v) is 5.34. The molecule has 0 aromatic rings. The van der Waals surface area contributed by atoms with Gasteiger partial charge in [0.1, 0.15) is 0 Å². The minimum Gasteiger partial charge on any atom is -0.466 e. The number of rotatable bonds is 2. The molecular formula is C16H26F3NO2. The molecule has 0 aliphatic heterocycles. The Kier molecular flexibility index (Phi) is 8.41. The van der Waals surface area contributed by atoms with E-state index in [0.29, 0.717) is 24.3 Å². The van der Waals surface area contributed by atoms with Gasteiger partial charge in [-0.3, -0.25) is 9.79 Å². The van der Waals surface area contributed by atoms with E-state index in [9.17, 15) is 18.0 Å². The van der Waals surface area contributed by atoms with Crippen molar-refractivity contribution in [1.29, 1.82) is 0 Å². The number of halogens is 3. The lowest BCUT2D eigenvalue weighted by Crippen LogP contribution is -2.16. The molecule has 0 amide bonds. The maximum absolute atomic E-state index is 12.6. The van der Waals surface area contributed by atoms with Gasteiger partial charge in [-0.2, -0.15) is 13.2 Å². The molecule has 128 valence electrons. The first-order chi connectivity index (χ1) is 10.1. The van der Waals surface area contributed by atoms with E-state index < -0.39 is 11.7 Å². The SMILES string of the molecule is CCOC(=O)CC.CN=C1/C(=C(\C)C(F)(F)F)C(C)CC1C. The number of carbonyl (C=O) groups excluding carboxylic acids is 1. The standard InChI is InChI=1S/C11H16F3N.C5H10O2/c1-6-5-7(2)10(15-4)9(6)8(3)11(12,13)14;1-3-5(6)7-4-2/h6-7H,5H2,1-4H3;3-4H2,1-2H3/b9-8+,15-10?;. The number of nitrogens with zero attached hydrogens (tertiary/aromatic N) is 1. The van der Waals surface area contributed by atoms with Gasteiger partial charge in [-0.25, -0.2) is 0 Å². The van der Waals surface area contributed by atoms with Crippen molar-refractivity contribution in [3.8, 4) is 0 Å². The molecule has 6 heteroatoms. The molecule has 0 aromatic carbocycles. The molecule has 3 nitrogen and oxygen atoms in total. The number of carbonyl (C=O) groups is 1. The van der Waals surface area contributed by atoms with Gasteiger partial charge < -0.3 is 4.74 Å². The van der Waals surface area contributed by atoms with Crippen molar-refractivity contribution in [3.63, 3.8) is 0 Å². The highest BCUT2D eigenvalue weighted by molar-refractivity contribution is 6.04. The molecule has 1 aliphatic rings. The van der Waals surface area contributed by atoms with Crippen LogP contribution < -0.4 is 0 Å². The first kappa shape index (κ1) is 20.7. The van der Waals surface area contributed by atoms with Crippen molar-refractivity contribution >= 4 is 11.7 Å². The van der Waals surface area contributed by atoms with Gasteiger partial charge in [0.2, 0.25) is 0 Å². The summed E-state index contributed by atoms with van der Waals surface area (Å²) in [5, 5.41) is 0. The smallest absolute Gasteiger partial charge is 0.412 e. The summed E-state index contributed by atoms with van der Waals surface area (Å²) in [6.45, 7) is 8.97. The van der Waals surface area contributed by atoms with Gasteiger partial charge in [-0.1, -0.05) is 20.8 Å². The van der Waals surface area contributed by atoms with E-state index in [0.717, 1.165) is 13.3 Å². The molecule has 1 aliphatic carbocycles. The molecule has 0 aromatic heterocycles. The monoisotopic (exact) mass is 321 g/mol. The molecule has 0 N–H and O–H groups in total. The molecular weight excluding hydrogens is 295 g/mol. The summed E-state index contributed by atoms with van der Waals surface area (Å²) in [5.74, 6) is -0.0277. The molecule has 22 heavy (non-hydrogen) atoms. The maximum atomic E-state index is 12.6. The highest BCUT2D eigenvalue weighted by Gasteiger charge is 2.39. The molecule has 1 rings (SSSR count). The minimum atomic E-state index is -4.23. The van der Waals surface area contributed by atoms with Crippen molar-refractivity contribution in [3.05, 3.63) is 11.1 Å². The lowest BCUT2D eigenvalue weighted by molar-refractivity contribution is -0.142. The summed E-state index contributed by atoms with van der Waals surface area (Å²) in [7, 11) is 1.56. The van der Waals surface area contributed by atoms with E-state index in [2.05, 4.69) is 9.73 Å². The van der Waals surface area contributed by atoms with Crippen LogP contribution >= 0.6 is 0 Å². The van der Waals surface area contributed by atoms with Gasteiger partial charge in [0.15, 0.2) is 0 Å². The van der Waals surface area contributed by atoms with Gasteiger partial charge in [-0.05, 0) is 37.7 Å². The number of allylic oxidation sites excluding steroid dienone is 2. The van der Waals surface area contributed by atoms with E-state index in [1.165, 1.54) is 0 Å². The van der Waals surface area contributed by atoms with Gasteiger partial charge in [-0.15, -0.1) is 0 Å². The average molecular weight is 321 g/mol. The minimum absolute atomic E-state index is 0.0414. The third-order valence-electron chi connectivity index (χ3n) is 3.61. The van der Waals surface area contributed by atoms with Crippen LogP contribution in [0, 0.1) is 11.8 Å². The normalized spacial score (nSPS) is 25.6. The Morgan fingerprint density at radius 1 is 1.27 bits per heavy atom. The fraction of sp³-hybridized carbons (Fsp3) is 0.750. The molecule has 0 saturated heterocycles. The van der Waals surface area contributed by atoms with Crippen LogP contribution in [0.25, 0.3) is 0 Å². The number of alkyl halides is 3. The van der Waals surface area contributed by atoms with E-state index in [-0.39, 0.29) is 17.8 Å². The molecule has 2 unspecified atom stereocenters.